The van der Waals surface area contributed by atoms with Gasteiger partial charge in [0.25, 0.3) is 0 Å². The van der Waals surface area contributed by atoms with Gasteiger partial charge in [-0.05, 0) is 46.4 Å². The Labute approximate surface area is 148 Å². The lowest BCUT2D eigenvalue weighted by Crippen LogP contribution is -2.12. The lowest BCUT2D eigenvalue weighted by molar-refractivity contribution is -0.118. The van der Waals surface area contributed by atoms with E-state index in [1.165, 1.54) is 22.3 Å². The molecule has 3 aromatic rings. The number of carbonyl (C=O) groups is 1. The molecule has 0 aromatic heterocycles. The van der Waals surface area contributed by atoms with Crippen LogP contribution in [-0.4, -0.2) is 5.78 Å². The van der Waals surface area contributed by atoms with Crippen molar-refractivity contribution in [1.29, 1.82) is 0 Å². The van der Waals surface area contributed by atoms with Crippen LogP contribution in [0.4, 0.5) is 0 Å². The molecule has 3 aromatic carbocycles. The first-order valence-electron chi connectivity index (χ1n) is 8.68. The van der Waals surface area contributed by atoms with E-state index in [9.17, 15) is 4.79 Å². The predicted molar refractivity (Wildman–Crippen MR) is 99.7 cm³/mol. The maximum atomic E-state index is 11.6. The van der Waals surface area contributed by atoms with Crippen LogP contribution in [0.2, 0.25) is 0 Å². The summed E-state index contributed by atoms with van der Waals surface area (Å²) in [5, 5.41) is 0. The highest BCUT2D eigenvalue weighted by Crippen LogP contribution is 2.28. The van der Waals surface area contributed by atoms with Crippen LogP contribution in [0.25, 0.3) is 11.1 Å². The SMILES string of the molecule is O=C1CCc2cc(-c3ccc(OCc4ccccc4)cc3)ccc2C1. The number of rotatable bonds is 4. The molecule has 1 aliphatic carbocycles. The molecule has 0 spiro atoms. The zero-order valence-electron chi connectivity index (χ0n) is 14.1. The van der Waals surface area contributed by atoms with Crippen molar-refractivity contribution in [2.45, 2.75) is 25.9 Å². The summed E-state index contributed by atoms with van der Waals surface area (Å²) in [6.45, 7) is 0.576. The molecule has 0 atom stereocenters. The molecule has 0 unspecified atom stereocenters. The van der Waals surface area contributed by atoms with Crippen molar-refractivity contribution < 1.29 is 9.53 Å². The van der Waals surface area contributed by atoms with E-state index in [0.717, 1.165) is 17.7 Å². The average Bonchev–Trinajstić information content (AvgIpc) is 2.67. The zero-order chi connectivity index (χ0) is 17.1. The smallest absolute Gasteiger partial charge is 0.137 e. The first-order valence-corrected chi connectivity index (χ1v) is 8.68. The summed E-state index contributed by atoms with van der Waals surface area (Å²) in [6, 6.07) is 24.8. The Hall–Kier alpha value is -2.87. The van der Waals surface area contributed by atoms with Gasteiger partial charge >= 0.3 is 0 Å². The number of benzene rings is 3. The van der Waals surface area contributed by atoms with Crippen molar-refractivity contribution in [1.82, 2.24) is 0 Å². The average molecular weight is 328 g/mol. The second-order valence-corrected chi connectivity index (χ2v) is 6.50. The molecule has 0 fully saturated rings. The Morgan fingerprint density at radius 3 is 2.32 bits per heavy atom. The van der Waals surface area contributed by atoms with Crippen molar-refractivity contribution in [3.8, 4) is 16.9 Å². The lowest BCUT2D eigenvalue weighted by Gasteiger charge is -2.16. The Balaban J connectivity index is 1.48. The third kappa shape index (κ3) is 3.63. The van der Waals surface area contributed by atoms with Gasteiger partial charge in [-0.15, -0.1) is 0 Å². The topological polar surface area (TPSA) is 26.3 Å². The van der Waals surface area contributed by atoms with Crippen molar-refractivity contribution >= 4 is 5.78 Å². The second kappa shape index (κ2) is 6.94. The Morgan fingerprint density at radius 2 is 1.52 bits per heavy atom. The van der Waals surface area contributed by atoms with Gasteiger partial charge in [-0.3, -0.25) is 4.79 Å². The van der Waals surface area contributed by atoms with Crippen LogP contribution in [0.3, 0.4) is 0 Å². The van der Waals surface area contributed by atoms with E-state index in [4.69, 9.17) is 4.74 Å². The van der Waals surface area contributed by atoms with Crippen LogP contribution in [0.15, 0.2) is 72.8 Å². The molecular weight excluding hydrogens is 308 g/mol. The number of hydrogen-bond donors (Lipinski definition) is 0. The first kappa shape index (κ1) is 15.6. The summed E-state index contributed by atoms with van der Waals surface area (Å²) in [6.07, 6.45) is 2.12. The summed E-state index contributed by atoms with van der Waals surface area (Å²) in [4.78, 5) is 11.6. The molecule has 0 aliphatic heterocycles. The molecule has 0 saturated heterocycles. The van der Waals surface area contributed by atoms with Gasteiger partial charge in [-0.2, -0.15) is 0 Å². The van der Waals surface area contributed by atoms with Crippen LogP contribution in [-0.2, 0) is 24.2 Å². The van der Waals surface area contributed by atoms with Crippen molar-refractivity contribution in [3.63, 3.8) is 0 Å². The molecule has 2 nitrogen and oxygen atoms in total. The fourth-order valence-corrected chi connectivity index (χ4v) is 3.27. The quantitative estimate of drug-likeness (QED) is 0.674. The van der Waals surface area contributed by atoms with Crippen molar-refractivity contribution in [2.75, 3.05) is 0 Å². The number of Topliss-reactive ketones (excluding diaryl/α,β-unsaturated/α-hetero) is 1. The molecule has 4 rings (SSSR count). The fourth-order valence-electron chi connectivity index (χ4n) is 3.27. The van der Waals surface area contributed by atoms with Gasteiger partial charge in [0.1, 0.15) is 18.1 Å². The van der Waals surface area contributed by atoms with Gasteiger partial charge in [-0.1, -0.05) is 60.7 Å². The number of hydrogen-bond acceptors (Lipinski definition) is 2. The maximum absolute atomic E-state index is 11.6. The summed E-state index contributed by atoms with van der Waals surface area (Å²) < 4.78 is 5.85. The van der Waals surface area contributed by atoms with Gasteiger partial charge in [0, 0.05) is 12.8 Å². The highest BCUT2D eigenvalue weighted by molar-refractivity contribution is 5.83. The summed E-state index contributed by atoms with van der Waals surface area (Å²) in [5.41, 5.74) is 6.02. The van der Waals surface area contributed by atoms with E-state index < -0.39 is 0 Å². The van der Waals surface area contributed by atoms with Crippen LogP contribution < -0.4 is 4.74 Å². The number of ether oxygens (including phenoxy) is 1. The second-order valence-electron chi connectivity index (χ2n) is 6.50. The van der Waals surface area contributed by atoms with Gasteiger partial charge in [0.15, 0.2) is 0 Å². The van der Waals surface area contributed by atoms with Gasteiger partial charge in [-0.25, -0.2) is 0 Å². The Bertz CT molecular complexity index is 880. The van der Waals surface area contributed by atoms with E-state index in [1.807, 2.05) is 30.3 Å². The third-order valence-corrected chi connectivity index (χ3v) is 4.70. The molecule has 0 saturated carbocycles. The minimum absolute atomic E-state index is 0.347. The lowest BCUT2D eigenvalue weighted by atomic mass is 9.88. The summed E-state index contributed by atoms with van der Waals surface area (Å²) >= 11 is 0. The highest BCUT2D eigenvalue weighted by Gasteiger charge is 2.15. The number of carbonyl (C=O) groups excluding carboxylic acids is 1. The normalized spacial score (nSPS) is 13.4. The monoisotopic (exact) mass is 328 g/mol. The standard InChI is InChI=1S/C23H20O2/c24-22-11-8-20-14-19(6-7-21(20)15-22)18-9-12-23(13-10-18)25-16-17-4-2-1-3-5-17/h1-7,9-10,12-14H,8,11,15-16H2. The Kier molecular flexibility index (Phi) is 4.34. The van der Waals surface area contributed by atoms with Gasteiger partial charge in [0.05, 0.1) is 0 Å². The molecule has 0 N–H and O–H groups in total. The first-order chi connectivity index (χ1) is 12.3. The van der Waals surface area contributed by atoms with E-state index in [0.29, 0.717) is 25.2 Å². The van der Waals surface area contributed by atoms with Gasteiger partial charge in [0.2, 0.25) is 0 Å². The molecule has 124 valence electrons. The molecule has 0 heterocycles. The van der Waals surface area contributed by atoms with E-state index >= 15 is 0 Å². The van der Waals surface area contributed by atoms with Crippen LogP contribution in [0, 0.1) is 0 Å². The minimum atomic E-state index is 0.347. The van der Waals surface area contributed by atoms with Crippen molar-refractivity contribution in [3.05, 3.63) is 89.5 Å². The molecule has 1 aliphatic rings. The summed E-state index contributed by atoms with van der Waals surface area (Å²) in [5.74, 6) is 1.22. The van der Waals surface area contributed by atoms with Crippen molar-refractivity contribution in [2.24, 2.45) is 0 Å². The van der Waals surface area contributed by atoms with E-state index in [-0.39, 0.29) is 0 Å². The number of fused-ring (bicyclic) bond motifs is 1. The number of aryl methyl sites for hydroxylation is 1. The van der Waals surface area contributed by atoms with Crippen LogP contribution in [0.5, 0.6) is 5.75 Å². The Morgan fingerprint density at radius 1 is 0.760 bits per heavy atom. The van der Waals surface area contributed by atoms with Crippen LogP contribution in [0.1, 0.15) is 23.1 Å². The van der Waals surface area contributed by atoms with E-state index in [2.05, 4.69) is 42.5 Å². The van der Waals surface area contributed by atoms with E-state index in [1.54, 1.807) is 0 Å². The number of ketones is 1. The molecule has 0 amide bonds. The zero-order valence-corrected chi connectivity index (χ0v) is 14.1. The summed E-state index contributed by atoms with van der Waals surface area (Å²) in [7, 11) is 0. The molecule has 0 radical (unpaired) electrons. The molecular formula is C23H20O2. The molecule has 0 bridgehead atoms. The molecule has 25 heavy (non-hydrogen) atoms. The maximum Gasteiger partial charge on any atom is 0.137 e. The third-order valence-electron chi connectivity index (χ3n) is 4.70. The highest BCUT2D eigenvalue weighted by atomic mass is 16.5. The van der Waals surface area contributed by atoms with Gasteiger partial charge < -0.3 is 4.74 Å². The molecule has 2 heteroatoms. The predicted octanol–water partition coefficient (Wildman–Crippen LogP) is 4.99. The largest absolute Gasteiger partial charge is 0.489 e. The van der Waals surface area contributed by atoms with Crippen LogP contribution >= 0.6 is 0 Å². The minimum Gasteiger partial charge on any atom is -0.489 e. The fraction of sp³-hybridized carbons (Fsp3) is 0.174.